The zero-order valence-corrected chi connectivity index (χ0v) is 36.9. The Balaban J connectivity index is 1.08. The van der Waals surface area contributed by atoms with Crippen LogP contribution in [0.5, 0.6) is 0 Å². The lowest BCUT2D eigenvalue weighted by atomic mass is 9.67. The molecule has 1 aliphatic rings. The molecule has 0 fully saturated rings. The van der Waals surface area contributed by atoms with Crippen molar-refractivity contribution in [1.29, 1.82) is 0 Å². The summed E-state index contributed by atoms with van der Waals surface area (Å²) in [5.41, 5.74) is 13.8. The van der Waals surface area contributed by atoms with Crippen LogP contribution in [-0.4, -0.2) is 0 Å². The van der Waals surface area contributed by atoms with Crippen LogP contribution in [0.15, 0.2) is 255 Å². The van der Waals surface area contributed by atoms with Gasteiger partial charge in [0, 0.05) is 43.6 Å². The van der Waals surface area contributed by atoms with Gasteiger partial charge in [0.05, 0.1) is 21.5 Å². The molecule has 11 aromatic carbocycles. The Bertz CT molecular complexity index is 3730. The molecule has 66 heavy (non-hydrogen) atoms. The number of thiophene rings is 1. The molecule has 1 aliphatic carbocycles. The number of fused-ring (bicyclic) bond motifs is 9. The minimum atomic E-state index is -0.509. The van der Waals surface area contributed by atoms with Gasteiger partial charge in [-0.2, -0.15) is 0 Å². The highest BCUT2D eigenvalue weighted by molar-refractivity contribution is 7.26. The predicted molar refractivity (Wildman–Crippen MR) is 281 cm³/mol. The van der Waals surface area contributed by atoms with Crippen molar-refractivity contribution in [2.75, 3.05) is 9.80 Å². The maximum absolute atomic E-state index is 2.53. The minimum absolute atomic E-state index is 0.509. The fraction of sp³-hybridized carbons (Fsp3) is 0.0159. The summed E-state index contributed by atoms with van der Waals surface area (Å²) in [4.78, 5) is 4.90. The second-order valence-corrected chi connectivity index (χ2v) is 18.3. The molecule has 3 heteroatoms. The molecule has 0 N–H and O–H groups in total. The summed E-state index contributed by atoms with van der Waals surface area (Å²) in [7, 11) is 0. The molecule has 12 aromatic rings. The molecule has 0 radical (unpaired) electrons. The van der Waals surface area contributed by atoms with Crippen LogP contribution in [-0.2, 0) is 5.41 Å². The molecule has 0 atom stereocenters. The third kappa shape index (κ3) is 5.87. The van der Waals surface area contributed by atoms with Crippen molar-refractivity contribution in [2.24, 2.45) is 0 Å². The quantitative estimate of drug-likeness (QED) is 0.141. The smallest absolute Gasteiger partial charge is 0.0713 e. The van der Waals surface area contributed by atoms with Gasteiger partial charge in [-0.1, -0.05) is 182 Å². The summed E-state index contributed by atoms with van der Waals surface area (Å²) in [6, 6.07) is 93.9. The Morgan fingerprint density at radius 1 is 0.303 bits per heavy atom. The highest BCUT2D eigenvalue weighted by atomic mass is 32.1. The highest BCUT2D eigenvalue weighted by Crippen LogP contribution is 2.58. The number of hydrogen-bond acceptors (Lipinski definition) is 3. The third-order valence-electron chi connectivity index (χ3n) is 13.7. The van der Waals surface area contributed by atoms with Gasteiger partial charge in [-0.3, -0.25) is 0 Å². The van der Waals surface area contributed by atoms with E-state index in [-0.39, 0.29) is 0 Å². The molecule has 2 nitrogen and oxygen atoms in total. The molecule has 1 heterocycles. The van der Waals surface area contributed by atoms with Crippen molar-refractivity contribution in [2.45, 2.75) is 5.41 Å². The van der Waals surface area contributed by atoms with E-state index in [0.29, 0.717) is 0 Å². The topological polar surface area (TPSA) is 6.48 Å². The van der Waals surface area contributed by atoms with E-state index >= 15 is 0 Å². The number of anilines is 6. The lowest BCUT2D eigenvalue weighted by Crippen LogP contribution is -2.28. The molecule has 0 bridgehead atoms. The van der Waals surface area contributed by atoms with E-state index in [9.17, 15) is 0 Å². The fourth-order valence-electron chi connectivity index (χ4n) is 10.9. The van der Waals surface area contributed by atoms with Crippen LogP contribution >= 0.6 is 11.3 Å². The number of benzene rings is 11. The fourth-order valence-corrected chi connectivity index (χ4v) is 12.1. The summed E-state index contributed by atoms with van der Waals surface area (Å²) >= 11 is 1.86. The Labute approximate surface area is 388 Å². The molecule has 0 unspecified atom stereocenters. The molecule has 0 saturated carbocycles. The second kappa shape index (κ2) is 15.5. The summed E-state index contributed by atoms with van der Waals surface area (Å²) in [5, 5.41) is 7.42. The third-order valence-corrected chi connectivity index (χ3v) is 14.9. The van der Waals surface area contributed by atoms with Gasteiger partial charge in [0.25, 0.3) is 0 Å². The standard InChI is InChI=1S/C63H42N2S/c1-5-22-44(23-6-1)63(45-24-7-2-8-25-45)57-36-17-15-33-51(57)55-41-56-54(42-58(55)63)50-32-14-13-21-43(50)39-60(56)65(47-28-11-4-12-29-47)49-31-19-30-48(40-49)64(46-26-9-3-10-27-46)59-37-20-35-53-52-34-16-18-38-61(52)66-62(53)59/h1-42H. The molecule has 0 amide bonds. The zero-order chi connectivity index (χ0) is 43.6. The summed E-state index contributed by atoms with van der Waals surface area (Å²) in [6.45, 7) is 0. The van der Waals surface area contributed by atoms with Gasteiger partial charge in [-0.05, 0) is 122 Å². The van der Waals surface area contributed by atoms with Crippen molar-refractivity contribution in [3.8, 4) is 11.1 Å². The summed E-state index contributed by atoms with van der Waals surface area (Å²) in [5.74, 6) is 0. The van der Waals surface area contributed by atoms with Crippen LogP contribution in [0.4, 0.5) is 34.1 Å². The van der Waals surface area contributed by atoms with Crippen molar-refractivity contribution in [1.82, 2.24) is 0 Å². The van der Waals surface area contributed by atoms with E-state index in [1.54, 1.807) is 0 Å². The van der Waals surface area contributed by atoms with Gasteiger partial charge < -0.3 is 9.80 Å². The van der Waals surface area contributed by atoms with Crippen molar-refractivity contribution < 1.29 is 0 Å². The number of para-hydroxylation sites is 2. The van der Waals surface area contributed by atoms with Gasteiger partial charge in [0.15, 0.2) is 0 Å². The van der Waals surface area contributed by atoms with E-state index in [1.807, 2.05) is 11.3 Å². The Kier molecular flexibility index (Phi) is 8.97. The van der Waals surface area contributed by atoms with Gasteiger partial charge in [0.1, 0.15) is 0 Å². The predicted octanol–water partition coefficient (Wildman–Crippen LogP) is 17.7. The van der Waals surface area contributed by atoms with E-state index in [0.717, 1.165) is 34.1 Å². The number of nitrogens with zero attached hydrogens (tertiary/aromatic N) is 2. The molecule has 1 aromatic heterocycles. The molecule has 0 aliphatic heterocycles. The molecule has 0 spiro atoms. The Morgan fingerprint density at radius 3 is 1.53 bits per heavy atom. The van der Waals surface area contributed by atoms with Crippen LogP contribution < -0.4 is 9.80 Å². The van der Waals surface area contributed by atoms with Gasteiger partial charge >= 0.3 is 0 Å². The Hall–Kier alpha value is -8.24. The van der Waals surface area contributed by atoms with E-state index < -0.39 is 5.41 Å². The van der Waals surface area contributed by atoms with Crippen LogP contribution in [0, 0.1) is 0 Å². The largest absolute Gasteiger partial charge is 0.310 e. The minimum Gasteiger partial charge on any atom is -0.310 e. The Morgan fingerprint density at radius 2 is 0.833 bits per heavy atom. The van der Waals surface area contributed by atoms with E-state index in [2.05, 4.69) is 265 Å². The normalized spacial score (nSPS) is 12.7. The first-order valence-corrected chi connectivity index (χ1v) is 23.5. The van der Waals surface area contributed by atoms with Crippen LogP contribution in [0.25, 0.3) is 52.8 Å². The number of rotatable bonds is 8. The van der Waals surface area contributed by atoms with Gasteiger partial charge in [-0.15, -0.1) is 11.3 Å². The SMILES string of the molecule is c1ccc(N(c2cccc(N(c3ccccc3)c3cccc4c3sc3ccccc34)c2)c2cc3ccccc3c3cc4c(cc23)-c2ccccc2C4(c2ccccc2)c2ccccc2)cc1. The lowest BCUT2D eigenvalue weighted by molar-refractivity contribution is 0.769. The first-order valence-electron chi connectivity index (χ1n) is 22.7. The van der Waals surface area contributed by atoms with Gasteiger partial charge in [-0.25, -0.2) is 0 Å². The molecule has 0 saturated heterocycles. The average molecular weight is 859 g/mol. The highest BCUT2D eigenvalue weighted by Gasteiger charge is 2.46. The van der Waals surface area contributed by atoms with Crippen LogP contribution in [0.2, 0.25) is 0 Å². The maximum Gasteiger partial charge on any atom is 0.0713 e. The average Bonchev–Trinajstić information content (AvgIpc) is 3.92. The van der Waals surface area contributed by atoms with Crippen molar-refractivity contribution >= 4 is 87.2 Å². The van der Waals surface area contributed by atoms with Crippen molar-refractivity contribution in [3.63, 3.8) is 0 Å². The van der Waals surface area contributed by atoms with Crippen LogP contribution in [0.1, 0.15) is 22.3 Å². The summed E-state index contributed by atoms with van der Waals surface area (Å²) in [6.07, 6.45) is 0. The lowest BCUT2D eigenvalue weighted by Gasteiger charge is -2.34. The van der Waals surface area contributed by atoms with Gasteiger partial charge in [0.2, 0.25) is 0 Å². The van der Waals surface area contributed by atoms with Crippen molar-refractivity contribution in [3.05, 3.63) is 277 Å². The first kappa shape index (κ1) is 38.2. The first-order chi connectivity index (χ1) is 32.8. The second-order valence-electron chi connectivity index (χ2n) is 17.2. The maximum atomic E-state index is 2.53. The molecule has 310 valence electrons. The molecular formula is C63H42N2S. The monoisotopic (exact) mass is 858 g/mol. The van der Waals surface area contributed by atoms with E-state index in [1.165, 1.54) is 75.1 Å². The zero-order valence-electron chi connectivity index (χ0n) is 36.1. The summed E-state index contributed by atoms with van der Waals surface area (Å²) < 4.78 is 2.56. The number of hydrogen-bond donors (Lipinski definition) is 0. The van der Waals surface area contributed by atoms with E-state index in [4.69, 9.17) is 0 Å². The van der Waals surface area contributed by atoms with Crippen LogP contribution in [0.3, 0.4) is 0 Å². The molecule has 13 rings (SSSR count). The molecular weight excluding hydrogens is 817 g/mol.